The maximum atomic E-state index is 14.3. The molecule has 8 nitrogen and oxygen atoms in total. The third kappa shape index (κ3) is 9.80. The number of carbonyl (C=O) groups excluding carboxylic acids is 2. The molecule has 1 heterocycles. The molecular formula is C31H40FN5O3. The van der Waals surface area contributed by atoms with Crippen LogP contribution in [-0.4, -0.2) is 41.5 Å². The zero-order valence-electron chi connectivity index (χ0n) is 24.6. The second-order valence-corrected chi connectivity index (χ2v) is 11.2. The average molecular weight is 550 g/mol. The number of carbonyl (C=O) groups is 2. The van der Waals surface area contributed by atoms with Gasteiger partial charge >= 0.3 is 0 Å². The first-order valence-corrected chi connectivity index (χ1v) is 12.9. The van der Waals surface area contributed by atoms with Crippen molar-refractivity contribution in [3.05, 3.63) is 77.0 Å². The summed E-state index contributed by atoms with van der Waals surface area (Å²) in [7, 11) is 1.81. The normalized spacial score (nSPS) is 12.1. The molecule has 1 amide bonds. The van der Waals surface area contributed by atoms with Gasteiger partial charge in [-0.15, -0.1) is 0 Å². The summed E-state index contributed by atoms with van der Waals surface area (Å²) in [5.74, 6) is 0.108. The molecule has 214 valence electrons. The monoisotopic (exact) mass is 549 g/mol. The average Bonchev–Trinajstić information content (AvgIpc) is 2.86. The van der Waals surface area contributed by atoms with E-state index in [0.717, 1.165) is 5.70 Å². The van der Waals surface area contributed by atoms with Crippen LogP contribution < -0.4 is 21.1 Å². The molecule has 0 bridgehead atoms. The Bertz CT molecular complexity index is 1400. The van der Waals surface area contributed by atoms with Crippen LogP contribution in [0.1, 0.15) is 63.0 Å². The lowest BCUT2D eigenvalue weighted by Crippen LogP contribution is -2.40. The Morgan fingerprint density at radius 1 is 1.10 bits per heavy atom. The molecule has 0 radical (unpaired) electrons. The number of fused-ring (bicyclic) bond motifs is 1. The van der Waals surface area contributed by atoms with Crippen molar-refractivity contribution in [2.75, 3.05) is 7.05 Å². The van der Waals surface area contributed by atoms with Crippen LogP contribution in [0.15, 0.2) is 59.5 Å². The summed E-state index contributed by atoms with van der Waals surface area (Å²) in [6, 6.07) is 9.72. The van der Waals surface area contributed by atoms with E-state index in [1.807, 2.05) is 48.6 Å². The number of aliphatic imine (C=N–C) groups is 1. The molecule has 0 atom stereocenters. The number of aldehydes is 1. The summed E-state index contributed by atoms with van der Waals surface area (Å²) in [6.45, 7) is 13.6. The van der Waals surface area contributed by atoms with Gasteiger partial charge in [0.15, 0.2) is 0 Å². The number of halogens is 1. The van der Waals surface area contributed by atoms with Crippen LogP contribution in [0.4, 0.5) is 4.39 Å². The Hall–Kier alpha value is -4.27. The Balaban J connectivity index is 0.000000432. The summed E-state index contributed by atoms with van der Waals surface area (Å²) >= 11 is 0. The van der Waals surface area contributed by atoms with Crippen molar-refractivity contribution in [2.45, 2.75) is 66.0 Å². The number of amides is 1. The molecule has 0 saturated heterocycles. The van der Waals surface area contributed by atoms with Gasteiger partial charge in [-0.3, -0.25) is 14.8 Å². The molecule has 3 rings (SSSR count). The van der Waals surface area contributed by atoms with E-state index in [4.69, 9.17) is 10.5 Å². The highest BCUT2D eigenvalue weighted by atomic mass is 19.1. The van der Waals surface area contributed by atoms with Crippen LogP contribution >= 0.6 is 0 Å². The van der Waals surface area contributed by atoms with Crippen LogP contribution in [-0.2, 0) is 11.2 Å². The maximum absolute atomic E-state index is 14.3. The minimum Gasteiger partial charge on any atom is -0.456 e. The van der Waals surface area contributed by atoms with E-state index in [1.165, 1.54) is 12.3 Å². The van der Waals surface area contributed by atoms with Gasteiger partial charge in [0, 0.05) is 54.6 Å². The van der Waals surface area contributed by atoms with Crippen LogP contribution in [0.2, 0.25) is 0 Å². The Kier molecular flexibility index (Phi) is 10.9. The fourth-order valence-corrected chi connectivity index (χ4v) is 3.42. The highest BCUT2D eigenvalue weighted by molar-refractivity contribution is 5.99. The van der Waals surface area contributed by atoms with Crippen LogP contribution in [0.25, 0.3) is 10.9 Å². The third-order valence-electron chi connectivity index (χ3n) is 5.38. The summed E-state index contributed by atoms with van der Waals surface area (Å²) in [5, 5.41) is 6.48. The number of hydrogen-bond donors (Lipinski definition) is 3. The third-order valence-corrected chi connectivity index (χ3v) is 5.38. The first-order chi connectivity index (χ1) is 18.7. The topological polar surface area (TPSA) is 119 Å². The van der Waals surface area contributed by atoms with E-state index in [-0.39, 0.29) is 23.4 Å². The van der Waals surface area contributed by atoms with Crippen molar-refractivity contribution in [1.29, 1.82) is 0 Å². The first kappa shape index (κ1) is 31.9. The standard InChI is InChI=1S/C23H23FN2O3.C8H17N3/c1-14-11-15(8-10-27)18(24)13-21(14)29-20-7-9-25-19-6-5-16(12-17(19)20)22(28)26-23(2,3)4;1-8(2,3)11-6-7(5-9)10-4/h5-7,9-13H,8H2,1-4H3,(H,26,28);5-6,10H,9H2,1-4H3/b;7-5+,11-6?. The van der Waals surface area contributed by atoms with E-state index >= 15 is 0 Å². The SMILES string of the molecule is CN/C(C=NC(C)(C)C)=C/N.Cc1cc(CC=O)c(F)cc1Oc1ccnc2ccc(C(=O)NC(C)(C)C)cc12. The summed E-state index contributed by atoms with van der Waals surface area (Å²) < 4.78 is 20.2. The molecule has 0 aliphatic carbocycles. The van der Waals surface area contributed by atoms with Crippen molar-refractivity contribution in [3.63, 3.8) is 0 Å². The largest absolute Gasteiger partial charge is 0.456 e. The van der Waals surface area contributed by atoms with Crippen LogP contribution in [0.5, 0.6) is 11.5 Å². The molecular weight excluding hydrogens is 509 g/mol. The highest BCUT2D eigenvalue weighted by Crippen LogP contribution is 2.32. The Morgan fingerprint density at radius 3 is 2.38 bits per heavy atom. The van der Waals surface area contributed by atoms with E-state index in [0.29, 0.717) is 45.4 Å². The molecule has 9 heteroatoms. The molecule has 0 saturated carbocycles. The first-order valence-electron chi connectivity index (χ1n) is 12.9. The number of pyridine rings is 1. The summed E-state index contributed by atoms with van der Waals surface area (Å²) in [6.07, 6.45) is 5.50. The quantitative estimate of drug-likeness (QED) is 0.260. The lowest BCUT2D eigenvalue weighted by molar-refractivity contribution is -0.107. The van der Waals surface area contributed by atoms with Crippen LogP contribution in [0.3, 0.4) is 0 Å². The number of rotatable bonds is 7. The molecule has 3 aromatic rings. The molecule has 0 unspecified atom stereocenters. The number of allylic oxidation sites excluding steroid dienone is 1. The predicted molar refractivity (Wildman–Crippen MR) is 160 cm³/mol. The zero-order valence-corrected chi connectivity index (χ0v) is 24.6. The smallest absolute Gasteiger partial charge is 0.251 e. The molecule has 0 spiro atoms. The van der Waals surface area contributed by atoms with Crippen molar-refractivity contribution in [3.8, 4) is 11.5 Å². The van der Waals surface area contributed by atoms with E-state index < -0.39 is 5.82 Å². The molecule has 1 aromatic heterocycles. The zero-order chi connectivity index (χ0) is 30.1. The van der Waals surface area contributed by atoms with Crippen molar-refractivity contribution < 1.29 is 18.7 Å². The van der Waals surface area contributed by atoms with Crippen molar-refractivity contribution in [1.82, 2.24) is 15.6 Å². The van der Waals surface area contributed by atoms with Gasteiger partial charge in [-0.25, -0.2) is 4.39 Å². The number of ether oxygens (including phenoxy) is 1. The minimum atomic E-state index is -0.499. The van der Waals surface area contributed by atoms with Crippen LogP contribution in [0, 0.1) is 12.7 Å². The lowest BCUT2D eigenvalue weighted by atomic mass is 10.1. The minimum absolute atomic E-state index is 0.0113. The fourth-order valence-electron chi connectivity index (χ4n) is 3.42. The van der Waals surface area contributed by atoms with Gasteiger partial charge in [0.25, 0.3) is 5.91 Å². The van der Waals surface area contributed by atoms with Gasteiger partial charge in [-0.2, -0.15) is 0 Å². The van der Waals surface area contributed by atoms with Gasteiger partial charge in [-0.05, 0) is 89.9 Å². The van der Waals surface area contributed by atoms with Gasteiger partial charge < -0.3 is 25.9 Å². The van der Waals surface area contributed by atoms with E-state index in [1.54, 1.807) is 49.7 Å². The number of benzene rings is 2. The van der Waals surface area contributed by atoms with Gasteiger partial charge in [0.05, 0.1) is 16.8 Å². The van der Waals surface area contributed by atoms with Gasteiger partial charge in [0.2, 0.25) is 0 Å². The summed E-state index contributed by atoms with van der Waals surface area (Å²) in [4.78, 5) is 31.8. The van der Waals surface area contributed by atoms with Crippen molar-refractivity contribution in [2.24, 2.45) is 10.7 Å². The number of aromatic nitrogens is 1. The maximum Gasteiger partial charge on any atom is 0.251 e. The number of hydrogen-bond acceptors (Lipinski definition) is 7. The summed E-state index contributed by atoms with van der Waals surface area (Å²) in [5.41, 5.74) is 7.90. The number of nitrogens with one attached hydrogen (secondary N) is 2. The van der Waals surface area contributed by atoms with Crippen molar-refractivity contribution >= 4 is 29.3 Å². The molecule has 0 aliphatic rings. The fraction of sp³-hybridized carbons (Fsp3) is 0.355. The molecule has 2 aromatic carbocycles. The number of aryl methyl sites for hydroxylation is 1. The molecule has 0 aliphatic heterocycles. The Morgan fingerprint density at radius 2 is 1.80 bits per heavy atom. The highest BCUT2D eigenvalue weighted by Gasteiger charge is 2.17. The second-order valence-electron chi connectivity index (χ2n) is 11.2. The molecule has 4 N–H and O–H groups in total. The second kappa shape index (κ2) is 13.7. The molecule has 40 heavy (non-hydrogen) atoms. The molecule has 0 fully saturated rings. The van der Waals surface area contributed by atoms with E-state index in [9.17, 15) is 14.0 Å². The Labute approximate surface area is 235 Å². The lowest BCUT2D eigenvalue weighted by Gasteiger charge is -2.20. The predicted octanol–water partition coefficient (Wildman–Crippen LogP) is 5.62. The number of nitrogens with zero attached hydrogens (tertiary/aromatic N) is 2. The number of nitrogens with two attached hydrogens (primary N) is 1. The van der Waals surface area contributed by atoms with Gasteiger partial charge in [0.1, 0.15) is 23.6 Å². The van der Waals surface area contributed by atoms with Gasteiger partial charge in [-0.1, -0.05) is 0 Å². The van der Waals surface area contributed by atoms with E-state index in [2.05, 4.69) is 20.6 Å².